The van der Waals surface area contributed by atoms with Gasteiger partial charge in [0.05, 0.1) is 13.2 Å². The molecular weight excluding hydrogens is 342 g/mol. The highest BCUT2D eigenvalue weighted by Crippen LogP contribution is 2.19. The maximum Gasteiger partial charge on any atom is 0.331 e. The van der Waals surface area contributed by atoms with Crippen LogP contribution in [0.1, 0.15) is 35.2 Å². The molecule has 0 aliphatic heterocycles. The fourth-order valence-electron chi connectivity index (χ4n) is 2.55. The van der Waals surface area contributed by atoms with Gasteiger partial charge in [-0.3, -0.25) is 4.79 Å². The highest BCUT2D eigenvalue weighted by Gasteiger charge is 2.11. The maximum absolute atomic E-state index is 12.0. The molecule has 0 bridgehead atoms. The minimum atomic E-state index is -0.588. The van der Waals surface area contributed by atoms with Gasteiger partial charge in [0, 0.05) is 11.6 Å². The van der Waals surface area contributed by atoms with Crippen molar-refractivity contribution in [1.82, 2.24) is 5.32 Å². The van der Waals surface area contributed by atoms with Crippen molar-refractivity contribution in [2.45, 2.75) is 26.8 Å². The largest absolute Gasteiger partial charge is 0.496 e. The number of benzene rings is 2. The maximum atomic E-state index is 12.0. The van der Waals surface area contributed by atoms with E-state index in [-0.39, 0.29) is 18.6 Å². The lowest BCUT2D eigenvalue weighted by atomic mass is 10.0. The number of amides is 1. The van der Waals surface area contributed by atoms with Gasteiger partial charge in [0.1, 0.15) is 5.75 Å². The summed E-state index contributed by atoms with van der Waals surface area (Å²) in [6.07, 6.45) is 2.87. The smallest absolute Gasteiger partial charge is 0.331 e. The molecule has 2 rings (SSSR count). The molecule has 27 heavy (non-hydrogen) atoms. The molecule has 2 aromatic carbocycles. The number of carbonyl (C=O) groups excluding carboxylic acids is 2. The molecule has 1 atom stereocenters. The summed E-state index contributed by atoms with van der Waals surface area (Å²) in [6.45, 7) is 5.64. The summed E-state index contributed by atoms with van der Waals surface area (Å²) in [7, 11) is 1.56. The van der Waals surface area contributed by atoms with Gasteiger partial charge >= 0.3 is 5.97 Å². The van der Waals surface area contributed by atoms with Gasteiger partial charge in [-0.2, -0.15) is 0 Å². The number of nitrogens with one attached hydrogen (secondary N) is 1. The first kappa shape index (κ1) is 20.2. The Balaban J connectivity index is 1.84. The van der Waals surface area contributed by atoms with Gasteiger partial charge in [-0.15, -0.1) is 0 Å². The van der Waals surface area contributed by atoms with E-state index in [1.807, 2.05) is 57.2 Å². The number of esters is 1. The van der Waals surface area contributed by atoms with Gasteiger partial charge < -0.3 is 14.8 Å². The SMILES string of the molecule is COc1ccccc1/C=C/C(=O)OCC(=O)N[C@@H](C)c1ccc(C)c(C)c1. The number of hydrogen-bond donors (Lipinski definition) is 1. The van der Waals surface area contributed by atoms with Gasteiger partial charge in [-0.1, -0.05) is 36.4 Å². The molecule has 142 valence electrons. The van der Waals surface area contributed by atoms with E-state index in [0.717, 1.165) is 11.1 Å². The predicted octanol–water partition coefficient (Wildman–Crippen LogP) is 3.75. The van der Waals surface area contributed by atoms with E-state index in [4.69, 9.17) is 9.47 Å². The first-order chi connectivity index (χ1) is 12.9. The van der Waals surface area contributed by atoms with E-state index in [1.54, 1.807) is 19.3 Å². The number of carbonyl (C=O) groups is 2. The number of para-hydroxylation sites is 1. The van der Waals surface area contributed by atoms with Crippen molar-refractivity contribution < 1.29 is 19.1 Å². The number of rotatable bonds is 7. The van der Waals surface area contributed by atoms with Crippen LogP contribution in [0.4, 0.5) is 0 Å². The van der Waals surface area contributed by atoms with Gasteiger partial charge in [0.25, 0.3) is 5.91 Å². The molecule has 0 radical (unpaired) electrons. The quantitative estimate of drug-likeness (QED) is 0.598. The molecule has 1 N–H and O–H groups in total. The van der Waals surface area contributed by atoms with Gasteiger partial charge in [0.2, 0.25) is 0 Å². The summed E-state index contributed by atoms with van der Waals surface area (Å²) in [5, 5.41) is 2.83. The zero-order valence-corrected chi connectivity index (χ0v) is 16.1. The third-order valence-electron chi connectivity index (χ3n) is 4.29. The zero-order chi connectivity index (χ0) is 19.8. The fourth-order valence-corrected chi connectivity index (χ4v) is 2.55. The van der Waals surface area contributed by atoms with Gasteiger partial charge in [-0.05, 0) is 49.6 Å². The Morgan fingerprint density at radius 3 is 2.56 bits per heavy atom. The molecule has 1 amide bonds. The Hall–Kier alpha value is -3.08. The van der Waals surface area contributed by atoms with E-state index in [1.165, 1.54) is 17.2 Å². The highest BCUT2D eigenvalue weighted by atomic mass is 16.5. The standard InChI is InChI=1S/C22H25NO4/c1-15-9-10-19(13-16(15)2)17(3)23-21(24)14-27-22(25)12-11-18-7-5-6-8-20(18)26-4/h5-13,17H,14H2,1-4H3,(H,23,24)/b12-11+/t17-/m0/s1. The summed E-state index contributed by atoms with van der Waals surface area (Å²) < 4.78 is 10.2. The first-order valence-corrected chi connectivity index (χ1v) is 8.75. The van der Waals surface area contributed by atoms with Crippen LogP contribution in [0.25, 0.3) is 6.08 Å². The predicted molar refractivity (Wildman–Crippen MR) is 105 cm³/mol. The Labute approximate surface area is 160 Å². The lowest BCUT2D eigenvalue weighted by molar-refractivity contribution is -0.144. The molecular formula is C22H25NO4. The molecule has 5 heteroatoms. The molecule has 0 aliphatic carbocycles. The second-order valence-corrected chi connectivity index (χ2v) is 6.32. The Morgan fingerprint density at radius 1 is 1.11 bits per heavy atom. The molecule has 0 spiro atoms. The van der Waals surface area contributed by atoms with E-state index in [0.29, 0.717) is 5.75 Å². The van der Waals surface area contributed by atoms with E-state index >= 15 is 0 Å². The van der Waals surface area contributed by atoms with Crippen molar-refractivity contribution in [2.24, 2.45) is 0 Å². The van der Waals surface area contributed by atoms with Crippen LogP contribution in [0.2, 0.25) is 0 Å². The molecule has 0 heterocycles. The summed E-state index contributed by atoms with van der Waals surface area (Å²) in [5.41, 5.74) is 4.13. The van der Waals surface area contributed by atoms with E-state index in [9.17, 15) is 9.59 Å². The van der Waals surface area contributed by atoms with Crippen molar-refractivity contribution in [1.29, 1.82) is 0 Å². The molecule has 5 nitrogen and oxygen atoms in total. The number of ether oxygens (including phenoxy) is 2. The van der Waals surface area contributed by atoms with Crippen LogP contribution >= 0.6 is 0 Å². The van der Waals surface area contributed by atoms with Crippen molar-refractivity contribution in [3.8, 4) is 5.75 Å². The summed E-state index contributed by atoms with van der Waals surface area (Å²) in [5.74, 6) is -0.281. The number of aryl methyl sites for hydroxylation is 2. The van der Waals surface area contributed by atoms with Crippen LogP contribution in [0.3, 0.4) is 0 Å². The Bertz CT molecular complexity index is 842. The van der Waals surface area contributed by atoms with Crippen LogP contribution in [0.5, 0.6) is 5.75 Å². The minimum Gasteiger partial charge on any atom is -0.496 e. The second-order valence-electron chi connectivity index (χ2n) is 6.32. The van der Waals surface area contributed by atoms with Crippen molar-refractivity contribution >= 4 is 18.0 Å². The molecule has 0 aliphatic rings. The second kappa shape index (κ2) is 9.57. The monoisotopic (exact) mass is 367 g/mol. The van der Waals surface area contributed by atoms with E-state index < -0.39 is 5.97 Å². The molecule has 0 unspecified atom stereocenters. The Kier molecular flexibility index (Phi) is 7.17. The summed E-state index contributed by atoms with van der Waals surface area (Å²) in [6, 6.07) is 13.2. The van der Waals surface area contributed by atoms with Crippen molar-refractivity contribution in [3.63, 3.8) is 0 Å². The average molecular weight is 367 g/mol. The fraction of sp³-hybridized carbons (Fsp3) is 0.273. The van der Waals surface area contributed by atoms with Gasteiger partial charge in [-0.25, -0.2) is 4.79 Å². The lowest BCUT2D eigenvalue weighted by Crippen LogP contribution is -2.31. The number of methoxy groups -OCH3 is 1. The van der Waals surface area contributed by atoms with Crippen LogP contribution < -0.4 is 10.1 Å². The summed E-state index contributed by atoms with van der Waals surface area (Å²) in [4.78, 5) is 23.9. The lowest BCUT2D eigenvalue weighted by Gasteiger charge is -2.15. The van der Waals surface area contributed by atoms with Crippen molar-refractivity contribution in [2.75, 3.05) is 13.7 Å². The molecule has 0 saturated heterocycles. The molecule has 2 aromatic rings. The molecule has 0 fully saturated rings. The minimum absolute atomic E-state index is 0.167. The van der Waals surface area contributed by atoms with E-state index in [2.05, 4.69) is 5.32 Å². The Morgan fingerprint density at radius 2 is 1.85 bits per heavy atom. The average Bonchev–Trinajstić information content (AvgIpc) is 2.66. The normalized spacial score (nSPS) is 11.9. The van der Waals surface area contributed by atoms with Crippen LogP contribution in [0, 0.1) is 13.8 Å². The zero-order valence-electron chi connectivity index (χ0n) is 16.1. The molecule has 0 aromatic heterocycles. The number of hydrogen-bond acceptors (Lipinski definition) is 4. The van der Waals surface area contributed by atoms with Crippen LogP contribution in [-0.4, -0.2) is 25.6 Å². The van der Waals surface area contributed by atoms with Crippen LogP contribution in [0.15, 0.2) is 48.5 Å². The first-order valence-electron chi connectivity index (χ1n) is 8.75. The highest BCUT2D eigenvalue weighted by molar-refractivity contribution is 5.89. The van der Waals surface area contributed by atoms with Crippen LogP contribution in [-0.2, 0) is 14.3 Å². The van der Waals surface area contributed by atoms with Gasteiger partial charge in [0.15, 0.2) is 6.61 Å². The third kappa shape index (κ3) is 5.99. The third-order valence-corrected chi connectivity index (χ3v) is 4.29. The topological polar surface area (TPSA) is 64.6 Å². The molecule has 0 saturated carbocycles. The van der Waals surface area contributed by atoms with Crippen molar-refractivity contribution in [3.05, 3.63) is 70.8 Å². The summed E-state index contributed by atoms with van der Waals surface area (Å²) >= 11 is 0.